The van der Waals surface area contributed by atoms with Gasteiger partial charge in [0.1, 0.15) is 5.65 Å². The van der Waals surface area contributed by atoms with Gasteiger partial charge in [-0.2, -0.15) is 0 Å². The molecular formula is C51H35N5. The molecule has 0 amide bonds. The molecule has 0 aliphatic heterocycles. The van der Waals surface area contributed by atoms with E-state index in [1.165, 1.54) is 0 Å². The van der Waals surface area contributed by atoms with E-state index in [1.807, 2.05) is 48.7 Å². The van der Waals surface area contributed by atoms with Crippen molar-refractivity contribution in [3.63, 3.8) is 0 Å². The number of para-hydroxylation sites is 1. The van der Waals surface area contributed by atoms with E-state index in [9.17, 15) is 0 Å². The smallest absolute Gasteiger partial charge is 0.137 e. The van der Waals surface area contributed by atoms with E-state index in [2.05, 4.69) is 173 Å². The van der Waals surface area contributed by atoms with Crippen LogP contribution in [0.3, 0.4) is 0 Å². The summed E-state index contributed by atoms with van der Waals surface area (Å²) in [6.07, 6.45) is 4.10. The lowest BCUT2D eigenvalue weighted by molar-refractivity contribution is 1.19. The zero-order valence-corrected chi connectivity index (χ0v) is 30.4. The number of rotatable bonds is 8. The van der Waals surface area contributed by atoms with Crippen LogP contribution in [0.15, 0.2) is 213 Å². The lowest BCUT2D eigenvalue weighted by Gasteiger charge is -2.26. The van der Waals surface area contributed by atoms with E-state index in [1.54, 1.807) is 0 Å². The summed E-state index contributed by atoms with van der Waals surface area (Å²) in [5.41, 5.74) is 15.8. The van der Waals surface area contributed by atoms with Crippen LogP contribution >= 0.6 is 0 Å². The first-order valence-corrected chi connectivity index (χ1v) is 18.8. The van der Waals surface area contributed by atoms with Crippen LogP contribution in [0.4, 0.5) is 17.1 Å². The Kier molecular flexibility index (Phi) is 8.43. The maximum atomic E-state index is 5.55. The third-order valence-electron chi connectivity index (χ3n) is 10.2. The van der Waals surface area contributed by atoms with Crippen LogP contribution in [0, 0.1) is 0 Å². The van der Waals surface area contributed by atoms with Crippen molar-refractivity contribution in [1.82, 2.24) is 19.4 Å². The molecule has 3 aromatic heterocycles. The molecular weight excluding hydrogens is 683 g/mol. The predicted octanol–water partition coefficient (Wildman–Crippen LogP) is 13.1. The topological polar surface area (TPSA) is 46.3 Å². The summed E-state index contributed by atoms with van der Waals surface area (Å²) in [6, 6.07) is 69.5. The highest BCUT2D eigenvalue weighted by Crippen LogP contribution is 2.41. The predicted molar refractivity (Wildman–Crippen MR) is 230 cm³/mol. The molecule has 5 nitrogen and oxygen atoms in total. The Hall–Kier alpha value is -7.63. The minimum Gasteiger partial charge on any atom is -0.311 e. The van der Waals surface area contributed by atoms with Crippen LogP contribution in [0.5, 0.6) is 0 Å². The molecule has 0 unspecified atom stereocenters. The van der Waals surface area contributed by atoms with Crippen molar-refractivity contribution in [3.8, 4) is 56.0 Å². The van der Waals surface area contributed by atoms with Crippen LogP contribution < -0.4 is 4.90 Å². The van der Waals surface area contributed by atoms with E-state index in [0.717, 1.165) is 89.8 Å². The maximum Gasteiger partial charge on any atom is 0.137 e. The van der Waals surface area contributed by atoms with Gasteiger partial charge >= 0.3 is 0 Å². The summed E-state index contributed by atoms with van der Waals surface area (Å²) < 4.78 is 2.05. The molecule has 5 heteroatoms. The highest BCUT2D eigenvalue weighted by molar-refractivity contribution is 6.03. The van der Waals surface area contributed by atoms with E-state index >= 15 is 0 Å². The summed E-state index contributed by atoms with van der Waals surface area (Å²) in [7, 11) is 0. The van der Waals surface area contributed by atoms with Gasteiger partial charge in [0, 0.05) is 57.3 Å². The molecule has 0 aliphatic rings. The Bertz CT molecular complexity index is 2890. The molecule has 0 fully saturated rings. The fraction of sp³-hybridized carbons (Fsp3) is 0. The molecule has 0 atom stereocenters. The van der Waals surface area contributed by atoms with Gasteiger partial charge in [0.05, 0.1) is 28.1 Å². The normalized spacial score (nSPS) is 11.2. The van der Waals surface area contributed by atoms with Crippen molar-refractivity contribution in [3.05, 3.63) is 213 Å². The summed E-state index contributed by atoms with van der Waals surface area (Å²) in [4.78, 5) is 18.2. The first kappa shape index (κ1) is 33.0. The molecule has 0 N–H and O–H groups in total. The molecule has 0 saturated carbocycles. The largest absolute Gasteiger partial charge is 0.311 e. The van der Waals surface area contributed by atoms with E-state index < -0.39 is 0 Å². The first-order chi connectivity index (χ1) is 27.8. The zero-order chi connectivity index (χ0) is 37.3. The Balaban J connectivity index is 1.11. The SMILES string of the molecule is c1ccc(-c2nc3c(-c4ccccc4)ccc(-c4ccccc4)c3nc2-c2ccc(N(c3ccccc3)c3ccc(-c4cn5ccccc5n4)cc3)cc2)cc1. The van der Waals surface area contributed by atoms with Crippen molar-refractivity contribution in [2.75, 3.05) is 4.90 Å². The van der Waals surface area contributed by atoms with Crippen LogP contribution in [0.25, 0.3) is 72.7 Å². The third-order valence-corrected chi connectivity index (χ3v) is 10.2. The van der Waals surface area contributed by atoms with Crippen molar-refractivity contribution in [1.29, 1.82) is 0 Å². The van der Waals surface area contributed by atoms with Gasteiger partial charge in [0.25, 0.3) is 0 Å². The van der Waals surface area contributed by atoms with Crippen LogP contribution in [-0.2, 0) is 0 Å². The Morgan fingerprint density at radius 2 is 0.768 bits per heavy atom. The van der Waals surface area contributed by atoms with Crippen LogP contribution in [0.2, 0.25) is 0 Å². The van der Waals surface area contributed by atoms with Gasteiger partial charge in [-0.3, -0.25) is 0 Å². The van der Waals surface area contributed by atoms with Crippen molar-refractivity contribution in [2.24, 2.45) is 0 Å². The summed E-state index contributed by atoms with van der Waals surface area (Å²) >= 11 is 0. The minimum atomic E-state index is 0.834. The second-order valence-corrected chi connectivity index (χ2v) is 13.7. The van der Waals surface area contributed by atoms with E-state index in [-0.39, 0.29) is 0 Å². The van der Waals surface area contributed by atoms with Crippen molar-refractivity contribution < 1.29 is 0 Å². The standard InChI is InChI=1S/C51H35N5/c1-5-15-36(16-6-1)44-32-33-45(37-17-7-2-8-18-37)51-50(44)53-48(39-19-9-3-10-20-39)49(54-51)40-26-30-43(31-27-40)56(41-21-11-4-12-22-41)42-28-24-38(25-29-42)46-35-55-34-14-13-23-47(55)52-46/h1-35H. The highest BCUT2D eigenvalue weighted by Gasteiger charge is 2.20. The Morgan fingerprint density at radius 1 is 0.339 bits per heavy atom. The zero-order valence-electron chi connectivity index (χ0n) is 30.4. The molecule has 0 saturated heterocycles. The molecule has 3 heterocycles. The van der Waals surface area contributed by atoms with E-state index in [0.29, 0.717) is 0 Å². The summed E-state index contributed by atoms with van der Waals surface area (Å²) in [6.45, 7) is 0. The highest BCUT2D eigenvalue weighted by atomic mass is 15.1. The molecule has 0 bridgehead atoms. The molecule has 0 aliphatic carbocycles. The second kappa shape index (κ2) is 14.3. The molecule has 56 heavy (non-hydrogen) atoms. The number of nitrogens with zero attached hydrogens (tertiary/aromatic N) is 5. The van der Waals surface area contributed by atoms with Gasteiger partial charge in [0.2, 0.25) is 0 Å². The van der Waals surface area contributed by atoms with Crippen molar-refractivity contribution in [2.45, 2.75) is 0 Å². The number of fused-ring (bicyclic) bond motifs is 2. The fourth-order valence-electron chi connectivity index (χ4n) is 7.48. The monoisotopic (exact) mass is 717 g/mol. The lowest BCUT2D eigenvalue weighted by Crippen LogP contribution is -2.09. The first-order valence-electron chi connectivity index (χ1n) is 18.8. The second-order valence-electron chi connectivity index (χ2n) is 13.7. The van der Waals surface area contributed by atoms with E-state index in [4.69, 9.17) is 15.0 Å². The number of benzene rings is 7. The lowest BCUT2D eigenvalue weighted by atomic mass is 9.96. The molecule has 0 radical (unpaired) electrons. The van der Waals surface area contributed by atoms with Gasteiger partial charge in [0.15, 0.2) is 0 Å². The molecule has 10 rings (SSSR count). The number of pyridine rings is 1. The van der Waals surface area contributed by atoms with Crippen LogP contribution in [-0.4, -0.2) is 19.4 Å². The average molecular weight is 718 g/mol. The molecule has 264 valence electrons. The molecule has 10 aromatic rings. The minimum absolute atomic E-state index is 0.834. The number of hydrogen-bond donors (Lipinski definition) is 0. The van der Waals surface area contributed by atoms with Gasteiger partial charge < -0.3 is 9.30 Å². The third kappa shape index (κ3) is 6.17. The molecule has 7 aromatic carbocycles. The number of anilines is 3. The fourth-order valence-corrected chi connectivity index (χ4v) is 7.48. The maximum absolute atomic E-state index is 5.55. The van der Waals surface area contributed by atoms with Gasteiger partial charge in [-0.15, -0.1) is 0 Å². The van der Waals surface area contributed by atoms with Gasteiger partial charge in [-0.05, 0) is 59.7 Å². The summed E-state index contributed by atoms with van der Waals surface area (Å²) in [5, 5.41) is 0. The number of aromatic nitrogens is 4. The Morgan fingerprint density at radius 3 is 1.29 bits per heavy atom. The number of hydrogen-bond acceptors (Lipinski definition) is 4. The quantitative estimate of drug-likeness (QED) is 0.157. The van der Waals surface area contributed by atoms with Crippen molar-refractivity contribution >= 4 is 33.7 Å². The molecule has 0 spiro atoms. The average Bonchev–Trinajstić information content (AvgIpc) is 3.72. The number of imidazole rings is 1. The van der Waals surface area contributed by atoms with Gasteiger partial charge in [-0.1, -0.05) is 152 Å². The summed E-state index contributed by atoms with van der Waals surface area (Å²) in [5.74, 6) is 0. The Labute approximate surface area is 325 Å². The van der Waals surface area contributed by atoms with Crippen LogP contribution in [0.1, 0.15) is 0 Å². The van der Waals surface area contributed by atoms with Gasteiger partial charge in [-0.25, -0.2) is 15.0 Å².